The summed E-state index contributed by atoms with van der Waals surface area (Å²) in [6.07, 6.45) is 0.792. The molecule has 1 aliphatic rings. The molecule has 1 fully saturated rings. The number of nitro groups is 1. The highest BCUT2D eigenvalue weighted by Crippen LogP contribution is 2.22. The maximum absolute atomic E-state index is 12.3. The Kier molecular flexibility index (Phi) is 7.48. The number of nitro benzene ring substituents is 1. The molecule has 9 heteroatoms. The van der Waals surface area contributed by atoms with E-state index in [4.69, 9.17) is 16.3 Å². The number of methoxy groups -OCH3 is 1. The van der Waals surface area contributed by atoms with Gasteiger partial charge in [0, 0.05) is 50.5 Å². The van der Waals surface area contributed by atoms with Gasteiger partial charge in [-0.2, -0.15) is 0 Å². The average Bonchev–Trinajstić information content (AvgIpc) is 2.77. The molecule has 1 N–H and O–H groups in total. The average molecular weight is 433 g/mol. The van der Waals surface area contributed by atoms with Crippen molar-refractivity contribution in [2.24, 2.45) is 0 Å². The lowest BCUT2D eigenvalue weighted by atomic mass is 10.2. The second-order valence-electron chi connectivity index (χ2n) is 7.06. The first-order chi connectivity index (χ1) is 14.5. The standard InChI is InChI=1S/C21H25ClN4O4/c1-30-18-6-3-16(4-7-18)25-13-11-24(12-14-25)10-2-9-23-21(27)19-15-17(26(28)29)5-8-20(19)22/h3-8,15H,2,9-14H2,1H3,(H,23,27). The van der Waals surface area contributed by atoms with Crippen LogP contribution in [0.1, 0.15) is 16.8 Å². The summed E-state index contributed by atoms with van der Waals surface area (Å²) in [7, 11) is 1.66. The number of hydrogen-bond donors (Lipinski definition) is 1. The Morgan fingerprint density at radius 2 is 1.87 bits per heavy atom. The van der Waals surface area contributed by atoms with Gasteiger partial charge in [-0.25, -0.2) is 0 Å². The predicted octanol–water partition coefficient (Wildman–Crippen LogP) is 3.20. The monoisotopic (exact) mass is 432 g/mol. The van der Waals surface area contributed by atoms with Gasteiger partial charge in [0.1, 0.15) is 5.75 Å². The minimum atomic E-state index is -0.543. The number of piperazine rings is 1. The Morgan fingerprint density at radius 1 is 1.17 bits per heavy atom. The molecule has 0 atom stereocenters. The third-order valence-corrected chi connectivity index (χ3v) is 5.48. The maximum atomic E-state index is 12.3. The van der Waals surface area contributed by atoms with Crippen LogP contribution in [-0.2, 0) is 0 Å². The summed E-state index contributed by atoms with van der Waals surface area (Å²) in [5, 5.41) is 13.9. The molecule has 0 aliphatic carbocycles. The lowest BCUT2D eigenvalue weighted by Crippen LogP contribution is -2.47. The third kappa shape index (κ3) is 5.61. The summed E-state index contributed by atoms with van der Waals surface area (Å²) < 4.78 is 5.20. The number of carbonyl (C=O) groups is 1. The van der Waals surface area contributed by atoms with Gasteiger partial charge in [-0.1, -0.05) is 11.6 Å². The summed E-state index contributed by atoms with van der Waals surface area (Å²) in [5.41, 5.74) is 1.16. The highest BCUT2D eigenvalue weighted by atomic mass is 35.5. The van der Waals surface area contributed by atoms with E-state index in [0.29, 0.717) is 6.54 Å². The number of nitrogens with zero attached hydrogens (tertiary/aromatic N) is 3. The molecule has 1 heterocycles. The van der Waals surface area contributed by atoms with E-state index in [2.05, 4.69) is 27.2 Å². The number of rotatable bonds is 8. The SMILES string of the molecule is COc1ccc(N2CCN(CCCNC(=O)c3cc([N+](=O)[O-])ccc3Cl)CC2)cc1. The fraction of sp³-hybridized carbons (Fsp3) is 0.381. The van der Waals surface area contributed by atoms with Crippen LogP contribution in [0.15, 0.2) is 42.5 Å². The summed E-state index contributed by atoms with van der Waals surface area (Å²) >= 11 is 6.01. The predicted molar refractivity (Wildman–Crippen MR) is 117 cm³/mol. The van der Waals surface area contributed by atoms with E-state index < -0.39 is 10.8 Å². The van der Waals surface area contributed by atoms with E-state index in [1.807, 2.05) is 12.1 Å². The van der Waals surface area contributed by atoms with Gasteiger partial charge in [-0.05, 0) is 43.3 Å². The second kappa shape index (κ2) is 10.3. The molecule has 3 rings (SSSR count). The molecule has 2 aromatic carbocycles. The topological polar surface area (TPSA) is 88.0 Å². The Morgan fingerprint density at radius 3 is 2.50 bits per heavy atom. The van der Waals surface area contributed by atoms with Crippen LogP contribution in [0.2, 0.25) is 5.02 Å². The van der Waals surface area contributed by atoms with Crippen molar-refractivity contribution in [2.75, 3.05) is 51.3 Å². The quantitative estimate of drug-likeness (QED) is 0.391. The number of nitrogens with one attached hydrogen (secondary N) is 1. The van der Waals surface area contributed by atoms with E-state index in [1.165, 1.54) is 23.9 Å². The molecule has 0 aromatic heterocycles. The van der Waals surface area contributed by atoms with E-state index in [-0.39, 0.29) is 16.3 Å². The van der Waals surface area contributed by atoms with Crippen LogP contribution in [0, 0.1) is 10.1 Å². The number of non-ortho nitro benzene ring substituents is 1. The summed E-state index contributed by atoms with van der Waals surface area (Å²) in [4.78, 5) is 27.3. The van der Waals surface area contributed by atoms with Crippen LogP contribution in [0.5, 0.6) is 5.75 Å². The lowest BCUT2D eigenvalue weighted by Gasteiger charge is -2.36. The molecule has 2 aromatic rings. The van der Waals surface area contributed by atoms with Gasteiger partial charge in [0.05, 0.1) is 22.6 Å². The Balaban J connectivity index is 1.40. The second-order valence-corrected chi connectivity index (χ2v) is 7.46. The van der Waals surface area contributed by atoms with Crippen molar-refractivity contribution in [1.29, 1.82) is 0 Å². The van der Waals surface area contributed by atoms with Gasteiger partial charge in [0.2, 0.25) is 0 Å². The normalized spacial score (nSPS) is 14.4. The van der Waals surface area contributed by atoms with E-state index in [0.717, 1.165) is 44.9 Å². The molecule has 0 spiro atoms. The van der Waals surface area contributed by atoms with Crippen molar-refractivity contribution < 1.29 is 14.5 Å². The first kappa shape index (κ1) is 21.9. The molecule has 0 saturated carbocycles. The molecule has 160 valence electrons. The molecule has 1 aliphatic heterocycles. The summed E-state index contributed by atoms with van der Waals surface area (Å²) in [5.74, 6) is 0.457. The number of halogens is 1. The summed E-state index contributed by atoms with van der Waals surface area (Å²) in [6.45, 7) is 5.16. The van der Waals surface area contributed by atoms with Gasteiger partial charge < -0.3 is 15.0 Å². The summed E-state index contributed by atoms with van der Waals surface area (Å²) in [6, 6.07) is 11.9. The van der Waals surface area contributed by atoms with E-state index >= 15 is 0 Å². The van der Waals surface area contributed by atoms with Crippen LogP contribution in [0.4, 0.5) is 11.4 Å². The van der Waals surface area contributed by atoms with Crippen LogP contribution >= 0.6 is 11.6 Å². The molecular weight excluding hydrogens is 408 g/mol. The molecule has 0 bridgehead atoms. The van der Waals surface area contributed by atoms with Crippen LogP contribution in [0.3, 0.4) is 0 Å². The minimum Gasteiger partial charge on any atom is -0.497 e. The van der Waals surface area contributed by atoms with Gasteiger partial charge in [-0.3, -0.25) is 19.8 Å². The van der Waals surface area contributed by atoms with Crippen molar-refractivity contribution in [1.82, 2.24) is 10.2 Å². The molecular formula is C21H25ClN4O4. The molecule has 1 amide bonds. The van der Waals surface area contributed by atoms with Crippen molar-refractivity contribution in [2.45, 2.75) is 6.42 Å². The number of anilines is 1. The highest BCUT2D eigenvalue weighted by molar-refractivity contribution is 6.33. The molecule has 0 unspecified atom stereocenters. The van der Waals surface area contributed by atoms with Crippen LogP contribution in [-0.4, -0.2) is 62.1 Å². The lowest BCUT2D eigenvalue weighted by molar-refractivity contribution is -0.384. The zero-order chi connectivity index (χ0) is 21.5. The molecule has 0 radical (unpaired) electrons. The van der Waals surface area contributed by atoms with Gasteiger partial charge >= 0.3 is 0 Å². The zero-order valence-electron chi connectivity index (χ0n) is 16.8. The fourth-order valence-electron chi connectivity index (χ4n) is 3.42. The molecule has 8 nitrogen and oxygen atoms in total. The fourth-order valence-corrected chi connectivity index (χ4v) is 3.63. The first-order valence-electron chi connectivity index (χ1n) is 9.81. The van der Waals surface area contributed by atoms with Crippen molar-refractivity contribution in [3.63, 3.8) is 0 Å². The van der Waals surface area contributed by atoms with Gasteiger partial charge in [-0.15, -0.1) is 0 Å². The van der Waals surface area contributed by atoms with Crippen molar-refractivity contribution in [3.05, 3.63) is 63.2 Å². The minimum absolute atomic E-state index is 0.124. The zero-order valence-corrected chi connectivity index (χ0v) is 17.6. The Hall–Kier alpha value is -2.84. The van der Waals surface area contributed by atoms with Gasteiger partial charge in [0.25, 0.3) is 11.6 Å². The number of benzene rings is 2. The largest absolute Gasteiger partial charge is 0.497 e. The number of hydrogen-bond acceptors (Lipinski definition) is 6. The number of amides is 1. The van der Waals surface area contributed by atoms with Crippen LogP contribution in [0.25, 0.3) is 0 Å². The Bertz CT molecular complexity index is 883. The maximum Gasteiger partial charge on any atom is 0.270 e. The van der Waals surface area contributed by atoms with Gasteiger partial charge in [0.15, 0.2) is 0 Å². The first-order valence-corrected chi connectivity index (χ1v) is 10.2. The number of carbonyl (C=O) groups excluding carboxylic acids is 1. The van der Waals surface area contributed by atoms with Crippen LogP contribution < -0.4 is 15.0 Å². The Labute approximate surface area is 180 Å². The molecule has 30 heavy (non-hydrogen) atoms. The number of ether oxygens (including phenoxy) is 1. The van der Waals surface area contributed by atoms with E-state index in [1.54, 1.807) is 7.11 Å². The third-order valence-electron chi connectivity index (χ3n) is 5.15. The van der Waals surface area contributed by atoms with Crippen molar-refractivity contribution in [3.8, 4) is 5.75 Å². The highest BCUT2D eigenvalue weighted by Gasteiger charge is 2.18. The smallest absolute Gasteiger partial charge is 0.270 e. The molecule has 1 saturated heterocycles. The van der Waals surface area contributed by atoms with Crippen molar-refractivity contribution >= 4 is 28.9 Å². The van der Waals surface area contributed by atoms with E-state index in [9.17, 15) is 14.9 Å².